The average molecular weight is 863 g/mol. The van der Waals surface area contributed by atoms with Gasteiger partial charge in [-0.1, -0.05) is 188 Å². The van der Waals surface area contributed by atoms with Crippen LogP contribution >= 0.6 is 0 Å². The lowest BCUT2D eigenvalue weighted by Crippen LogP contribution is -2.93. The van der Waals surface area contributed by atoms with Gasteiger partial charge in [-0.05, 0) is 108 Å². The summed E-state index contributed by atoms with van der Waals surface area (Å²) in [6.07, 6.45) is 0. The zero-order valence-corrected chi connectivity index (χ0v) is 37.6. The van der Waals surface area contributed by atoms with E-state index in [4.69, 9.17) is 4.74 Å². The average Bonchev–Trinajstić information content (AvgIpc) is 3.73. The molecule has 0 unspecified atom stereocenters. The first-order valence-electron chi connectivity index (χ1n) is 22.4. The lowest BCUT2D eigenvalue weighted by molar-refractivity contribution is 0.487. The van der Waals surface area contributed by atoms with E-state index in [0.29, 0.717) is 0 Å². The smallest absolute Gasteiger partial charge is 0.188 e. The summed E-state index contributed by atoms with van der Waals surface area (Å²) in [5.41, 5.74) is 6.78. The fourth-order valence-electron chi connectivity index (χ4n) is 11.5. The molecule has 0 N–H and O–H groups in total. The highest BCUT2D eigenvalue weighted by Crippen LogP contribution is 2.44. The zero-order chi connectivity index (χ0) is 43.0. The largest absolute Gasteiger partial charge is 0.458 e. The van der Waals surface area contributed by atoms with Crippen molar-refractivity contribution in [3.05, 3.63) is 255 Å². The van der Waals surface area contributed by atoms with Crippen LogP contribution in [0, 0.1) is 0 Å². The molecule has 0 saturated carbocycles. The Hall–Kier alpha value is -7.97. The van der Waals surface area contributed by atoms with Gasteiger partial charge in [0.1, 0.15) is 11.5 Å². The van der Waals surface area contributed by atoms with Gasteiger partial charge in [0.15, 0.2) is 16.1 Å². The van der Waals surface area contributed by atoms with E-state index in [9.17, 15) is 0 Å². The van der Waals surface area contributed by atoms with E-state index in [1.807, 2.05) is 0 Å². The Balaban J connectivity index is 1.13. The number of hydrogen-bond donors (Lipinski definition) is 0. The Morgan fingerprint density at radius 2 is 0.831 bits per heavy atom. The van der Waals surface area contributed by atoms with Crippen molar-refractivity contribution in [1.82, 2.24) is 4.57 Å². The van der Waals surface area contributed by atoms with E-state index in [-0.39, 0.29) is 0 Å². The van der Waals surface area contributed by atoms with Gasteiger partial charge in [-0.25, -0.2) is 0 Å². The van der Waals surface area contributed by atoms with Crippen molar-refractivity contribution in [2.24, 2.45) is 0 Å². The third-order valence-electron chi connectivity index (χ3n) is 14.0. The molecule has 0 radical (unpaired) electrons. The molecule has 5 heteroatoms. The number of nitrogens with zero attached hydrogens (tertiary/aromatic N) is 2. The van der Waals surface area contributed by atoms with Gasteiger partial charge in [-0.3, -0.25) is 0 Å². The van der Waals surface area contributed by atoms with Gasteiger partial charge in [0.2, 0.25) is 0 Å². The fourth-order valence-corrected chi connectivity index (χ4v) is 23.8. The number of anilines is 3. The van der Waals surface area contributed by atoms with Gasteiger partial charge < -0.3 is 14.2 Å². The highest BCUT2D eigenvalue weighted by molar-refractivity contribution is 7.33. The standard InChI is InChI=1S/C60H42N2OSi2/c1-5-22-43(23-6-1)61(50-32-21-33-51-60(50)48-30-13-14-31-49(48)62(51)44-24-7-2-8-25-44)45-40-41-53-59(42-45)65(54-35-16-15-34-52(54)63-53)57-38-19-17-36-55(57)64(46-26-9-3-10-27-46,47-28-11-4-12-29-47)56-37-18-20-39-58(56)65/h1-42H. The van der Waals surface area contributed by atoms with E-state index < -0.39 is 16.1 Å². The molecule has 0 amide bonds. The topological polar surface area (TPSA) is 17.4 Å². The van der Waals surface area contributed by atoms with Crippen LogP contribution in [-0.2, 0) is 0 Å². The molecule has 0 bridgehead atoms. The molecule has 2 aliphatic rings. The second kappa shape index (κ2) is 14.8. The molecule has 3 nitrogen and oxygen atoms in total. The third-order valence-corrected chi connectivity index (χ3v) is 24.3. The summed E-state index contributed by atoms with van der Waals surface area (Å²) in [4.78, 5) is 2.47. The Kier molecular flexibility index (Phi) is 8.56. The van der Waals surface area contributed by atoms with Crippen LogP contribution in [0.3, 0.4) is 0 Å². The van der Waals surface area contributed by atoms with Crippen molar-refractivity contribution in [2.45, 2.75) is 0 Å². The van der Waals surface area contributed by atoms with E-state index in [0.717, 1.165) is 39.8 Å². The Labute approximate surface area is 380 Å². The molecule has 0 atom stereocenters. The van der Waals surface area contributed by atoms with Crippen molar-refractivity contribution >= 4 is 96.5 Å². The highest BCUT2D eigenvalue weighted by atomic mass is 28.3. The van der Waals surface area contributed by atoms with Crippen LogP contribution in [0.4, 0.5) is 17.1 Å². The molecular weight excluding hydrogens is 821 g/mol. The molecule has 3 heterocycles. The van der Waals surface area contributed by atoms with Crippen molar-refractivity contribution in [1.29, 1.82) is 0 Å². The van der Waals surface area contributed by atoms with E-state index >= 15 is 0 Å². The number of rotatable bonds is 6. The predicted molar refractivity (Wildman–Crippen MR) is 276 cm³/mol. The summed E-state index contributed by atoms with van der Waals surface area (Å²) in [6.45, 7) is 0. The second-order valence-electron chi connectivity index (χ2n) is 17.1. The molecule has 1 aromatic heterocycles. The first kappa shape index (κ1) is 37.6. The minimum Gasteiger partial charge on any atom is -0.458 e. The molecule has 0 fully saturated rings. The van der Waals surface area contributed by atoms with E-state index in [2.05, 4.69) is 264 Å². The quantitative estimate of drug-likeness (QED) is 0.155. The number of fused-ring (bicyclic) bond motifs is 11. The molecule has 1 spiro atoms. The summed E-state index contributed by atoms with van der Waals surface area (Å²) in [5, 5.41) is 13.5. The summed E-state index contributed by atoms with van der Waals surface area (Å²) >= 11 is 0. The van der Waals surface area contributed by atoms with Crippen molar-refractivity contribution < 1.29 is 4.74 Å². The monoisotopic (exact) mass is 862 g/mol. The maximum absolute atomic E-state index is 7.11. The maximum Gasteiger partial charge on any atom is 0.188 e. The van der Waals surface area contributed by atoms with Gasteiger partial charge in [0.25, 0.3) is 0 Å². The van der Waals surface area contributed by atoms with E-state index in [1.54, 1.807) is 0 Å². The van der Waals surface area contributed by atoms with Crippen LogP contribution in [0.2, 0.25) is 0 Å². The summed E-state index contributed by atoms with van der Waals surface area (Å²) < 4.78 is 9.51. The molecule has 11 aromatic rings. The number of ether oxygens (including phenoxy) is 1. The Morgan fingerprint density at radius 3 is 1.48 bits per heavy atom. The number of para-hydroxylation sites is 4. The first-order chi connectivity index (χ1) is 32.3. The summed E-state index contributed by atoms with van der Waals surface area (Å²) in [6, 6.07) is 94.8. The van der Waals surface area contributed by atoms with Gasteiger partial charge in [0.05, 0.1) is 16.7 Å². The minimum atomic E-state index is -3.14. The maximum atomic E-state index is 7.11. The number of aromatic nitrogens is 1. The predicted octanol–water partition coefficient (Wildman–Crippen LogP) is 9.43. The fraction of sp³-hybridized carbons (Fsp3) is 0. The van der Waals surface area contributed by atoms with Crippen LogP contribution < -0.4 is 51.1 Å². The van der Waals surface area contributed by atoms with Gasteiger partial charge in [-0.15, -0.1) is 0 Å². The van der Waals surface area contributed by atoms with E-state index in [1.165, 1.54) is 57.8 Å². The summed E-state index contributed by atoms with van der Waals surface area (Å²) in [5.74, 6) is 1.86. The van der Waals surface area contributed by atoms with Crippen LogP contribution in [-0.4, -0.2) is 20.7 Å². The van der Waals surface area contributed by atoms with Crippen molar-refractivity contribution in [3.63, 3.8) is 0 Å². The molecule has 306 valence electrons. The number of benzene rings is 10. The molecule has 0 saturated heterocycles. The lowest BCUT2D eigenvalue weighted by atomic mass is 10.1. The second-order valence-corrected chi connectivity index (χ2v) is 24.5. The Morgan fingerprint density at radius 1 is 0.338 bits per heavy atom. The normalized spacial score (nSPS) is 13.9. The molecular formula is C60H42N2OSi2. The lowest BCUT2D eigenvalue weighted by Gasteiger charge is -2.50. The third kappa shape index (κ3) is 5.34. The molecule has 13 rings (SSSR count). The minimum absolute atomic E-state index is 0.921. The van der Waals surface area contributed by atoms with Gasteiger partial charge >= 0.3 is 0 Å². The highest BCUT2D eigenvalue weighted by Gasteiger charge is 2.59. The summed E-state index contributed by atoms with van der Waals surface area (Å²) in [7, 11) is -6.02. The van der Waals surface area contributed by atoms with Crippen LogP contribution in [0.25, 0.3) is 27.5 Å². The Bertz CT molecular complexity index is 3500. The van der Waals surface area contributed by atoms with Crippen LogP contribution in [0.15, 0.2) is 255 Å². The molecule has 2 aliphatic heterocycles. The van der Waals surface area contributed by atoms with Crippen molar-refractivity contribution in [2.75, 3.05) is 4.90 Å². The van der Waals surface area contributed by atoms with Gasteiger partial charge in [-0.2, -0.15) is 0 Å². The van der Waals surface area contributed by atoms with Gasteiger partial charge in [0, 0.05) is 27.8 Å². The van der Waals surface area contributed by atoms with Crippen LogP contribution in [0.5, 0.6) is 11.5 Å². The number of hydrogen-bond acceptors (Lipinski definition) is 2. The zero-order valence-electron chi connectivity index (χ0n) is 35.6. The first-order valence-corrected chi connectivity index (χ1v) is 26.4. The van der Waals surface area contributed by atoms with Crippen LogP contribution in [0.1, 0.15) is 0 Å². The SMILES string of the molecule is c1ccc(N(c2ccc3c(c2)[Si]2(c4ccccc4O3)c3ccccc3[Si](c3ccccc3)(c3ccccc3)c3ccccc32)c2cccc3c2c2ccccc2n3-c2ccccc2)cc1. The molecule has 0 aliphatic carbocycles. The molecule has 65 heavy (non-hydrogen) atoms. The molecule has 10 aromatic carbocycles. The van der Waals surface area contributed by atoms with Crippen molar-refractivity contribution in [3.8, 4) is 17.2 Å².